The molecule has 2 fully saturated rings. The quantitative estimate of drug-likeness (QED) is 0.308. The minimum absolute atomic E-state index is 0.00541. The first-order valence-electron chi connectivity index (χ1n) is 13.8. The monoisotopic (exact) mass is 583 g/mol. The summed E-state index contributed by atoms with van der Waals surface area (Å²) in [7, 11) is 0. The van der Waals surface area contributed by atoms with Crippen molar-refractivity contribution in [3.8, 4) is 0 Å². The Morgan fingerprint density at radius 2 is 1.21 bits per heavy atom. The minimum atomic E-state index is -5.25. The predicted octanol–water partition coefficient (Wildman–Crippen LogP) is 5.38. The van der Waals surface area contributed by atoms with Gasteiger partial charge in [0.15, 0.2) is 0 Å². The van der Waals surface area contributed by atoms with Crippen LogP contribution in [0.5, 0.6) is 0 Å². The van der Waals surface area contributed by atoms with Gasteiger partial charge in [0.1, 0.15) is 12.2 Å². The summed E-state index contributed by atoms with van der Waals surface area (Å²) < 4.78 is 60.8. The van der Waals surface area contributed by atoms with E-state index in [0.29, 0.717) is 4.90 Å². The SMILES string of the molecule is O=C(N1[C@H](COCc2ccccc2)[C@@H](OCc2ccccc2)[C@H](OCc2ccccc2)[C@H]1C1(C(=O)O)CC1)C(F)(F)F. The highest BCUT2D eigenvalue weighted by atomic mass is 19.4. The maximum Gasteiger partial charge on any atom is 0.471 e. The van der Waals surface area contributed by atoms with Gasteiger partial charge in [-0.05, 0) is 29.5 Å². The molecule has 1 saturated heterocycles. The average Bonchev–Trinajstić information content (AvgIpc) is 3.74. The van der Waals surface area contributed by atoms with Crippen molar-refractivity contribution in [2.24, 2.45) is 5.41 Å². The van der Waals surface area contributed by atoms with Crippen LogP contribution in [-0.4, -0.2) is 59.0 Å². The number of halogens is 3. The summed E-state index contributed by atoms with van der Waals surface area (Å²) >= 11 is 0. The number of likely N-dealkylation sites (tertiary alicyclic amines) is 1. The molecule has 7 nitrogen and oxygen atoms in total. The van der Waals surface area contributed by atoms with Crippen molar-refractivity contribution in [2.45, 2.75) is 63.1 Å². The molecule has 1 amide bonds. The van der Waals surface area contributed by atoms with Crippen molar-refractivity contribution in [3.05, 3.63) is 108 Å². The number of hydrogen-bond donors (Lipinski definition) is 1. The number of carboxylic acid groups (broad SMARTS) is 1. The van der Waals surface area contributed by atoms with Crippen LogP contribution in [0, 0.1) is 5.41 Å². The van der Waals surface area contributed by atoms with Gasteiger partial charge < -0.3 is 24.2 Å². The van der Waals surface area contributed by atoms with E-state index < -0.39 is 47.8 Å². The molecule has 10 heteroatoms. The minimum Gasteiger partial charge on any atom is -0.481 e. The van der Waals surface area contributed by atoms with Gasteiger partial charge in [0.25, 0.3) is 0 Å². The van der Waals surface area contributed by atoms with E-state index in [9.17, 15) is 27.9 Å². The highest BCUT2D eigenvalue weighted by Gasteiger charge is 2.69. The first kappa shape index (κ1) is 29.8. The molecule has 3 aromatic carbocycles. The maximum atomic E-state index is 14.1. The van der Waals surface area contributed by atoms with Gasteiger partial charge >= 0.3 is 18.1 Å². The second-order valence-electron chi connectivity index (χ2n) is 10.7. The number of nitrogens with zero attached hydrogens (tertiary/aromatic N) is 1. The smallest absolute Gasteiger partial charge is 0.471 e. The molecule has 0 spiro atoms. The van der Waals surface area contributed by atoms with Gasteiger partial charge in [0.2, 0.25) is 0 Å². The Balaban J connectivity index is 1.52. The van der Waals surface area contributed by atoms with Crippen LogP contribution in [0.25, 0.3) is 0 Å². The standard InChI is InChI=1S/C32H32F3NO6/c33-32(34,35)29(37)36-25(21-40-18-22-10-4-1-5-11-22)26(41-19-23-12-6-2-7-13-23)27(28(36)31(16-17-31)30(38)39)42-20-24-14-8-3-9-15-24/h1-15,25-28H,16-21H2,(H,38,39)/t25-,26-,27+,28+/m1/s1. The number of carboxylic acids is 1. The van der Waals surface area contributed by atoms with E-state index in [1.807, 2.05) is 66.7 Å². The number of aliphatic carboxylic acids is 1. The third-order valence-corrected chi connectivity index (χ3v) is 7.90. The summed E-state index contributed by atoms with van der Waals surface area (Å²) in [5.41, 5.74) is 0.712. The fourth-order valence-electron chi connectivity index (χ4n) is 5.67. The maximum absolute atomic E-state index is 14.1. The number of rotatable bonds is 12. The third-order valence-electron chi connectivity index (χ3n) is 7.90. The van der Waals surface area contributed by atoms with Crippen LogP contribution in [0.3, 0.4) is 0 Å². The number of benzene rings is 3. The molecule has 4 atom stereocenters. The normalized spacial score (nSPS) is 23.1. The lowest BCUT2D eigenvalue weighted by molar-refractivity contribution is -0.193. The van der Waals surface area contributed by atoms with Gasteiger partial charge in [-0.1, -0.05) is 91.0 Å². The molecule has 2 aliphatic rings. The predicted molar refractivity (Wildman–Crippen MR) is 146 cm³/mol. The molecule has 42 heavy (non-hydrogen) atoms. The molecule has 0 unspecified atom stereocenters. The molecule has 222 valence electrons. The summed E-state index contributed by atoms with van der Waals surface area (Å²) in [5.74, 6) is -3.40. The van der Waals surface area contributed by atoms with Gasteiger partial charge in [0, 0.05) is 0 Å². The van der Waals surface area contributed by atoms with E-state index in [2.05, 4.69) is 0 Å². The molecule has 1 saturated carbocycles. The van der Waals surface area contributed by atoms with Crippen LogP contribution < -0.4 is 0 Å². The van der Waals surface area contributed by atoms with E-state index in [1.54, 1.807) is 24.3 Å². The number of hydrogen-bond acceptors (Lipinski definition) is 5. The summed E-state index contributed by atoms with van der Waals surface area (Å²) in [6.07, 6.45) is -7.28. The molecule has 3 aromatic rings. The number of carbonyl (C=O) groups is 2. The lowest BCUT2D eigenvalue weighted by atomic mass is 9.91. The summed E-state index contributed by atoms with van der Waals surface area (Å²) in [6.45, 7) is -0.212. The molecule has 5 rings (SSSR count). The fraction of sp³-hybridized carbons (Fsp3) is 0.375. The highest BCUT2D eigenvalue weighted by Crippen LogP contribution is 2.56. The van der Waals surface area contributed by atoms with Crippen LogP contribution in [0.2, 0.25) is 0 Å². The highest BCUT2D eigenvalue weighted by molar-refractivity contribution is 5.86. The Kier molecular flexibility index (Phi) is 8.96. The van der Waals surface area contributed by atoms with Gasteiger partial charge in [-0.3, -0.25) is 9.59 Å². The zero-order valence-corrected chi connectivity index (χ0v) is 22.8. The number of ether oxygens (including phenoxy) is 3. The van der Waals surface area contributed by atoms with Gasteiger partial charge in [0.05, 0.1) is 43.9 Å². The molecule has 1 aliphatic carbocycles. The van der Waals surface area contributed by atoms with E-state index >= 15 is 0 Å². The Bertz CT molecular complexity index is 1330. The zero-order valence-electron chi connectivity index (χ0n) is 22.8. The first-order chi connectivity index (χ1) is 20.2. The fourth-order valence-corrected chi connectivity index (χ4v) is 5.67. The Hall–Kier alpha value is -3.73. The van der Waals surface area contributed by atoms with E-state index in [1.165, 1.54) is 0 Å². The van der Waals surface area contributed by atoms with E-state index in [-0.39, 0.29) is 39.3 Å². The van der Waals surface area contributed by atoms with Crippen molar-refractivity contribution >= 4 is 11.9 Å². The van der Waals surface area contributed by atoms with Crippen LogP contribution in [-0.2, 0) is 43.6 Å². The molecule has 0 bridgehead atoms. The summed E-state index contributed by atoms with van der Waals surface area (Å²) in [4.78, 5) is 26.3. The average molecular weight is 584 g/mol. The number of carbonyl (C=O) groups excluding carboxylic acids is 1. The second kappa shape index (κ2) is 12.6. The Morgan fingerprint density at radius 1 is 0.762 bits per heavy atom. The Labute approximate surface area is 241 Å². The zero-order chi connectivity index (χ0) is 29.7. The second-order valence-corrected chi connectivity index (χ2v) is 10.7. The lowest BCUT2D eigenvalue weighted by Gasteiger charge is -2.35. The number of alkyl halides is 3. The summed E-state index contributed by atoms with van der Waals surface area (Å²) in [6, 6.07) is 24.5. The van der Waals surface area contributed by atoms with Gasteiger partial charge in [-0.2, -0.15) is 13.2 Å². The third kappa shape index (κ3) is 6.51. The molecule has 1 heterocycles. The van der Waals surface area contributed by atoms with Gasteiger partial charge in [-0.15, -0.1) is 0 Å². The van der Waals surface area contributed by atoms with Crippen molar-refractivity contribution < 1.29 is 42.1 Å². The van der Waals surface area contributed by atoms with Crippen molar-refractivity contribution in [3.63, 3.8) is 0 Å². The molecule has 1 aliphatic heterocycles. The van der Waals surface area contributed by atoms with Crippen LogP contribution in [0.1, 0.15) is 29.5 Å². The van der Waals surface area contributed by atoms with E-state index in [4.69, 9.17) is 14.2 Å². The van der Waals surface area contributed by atoms with E-state index in [0.717, 1.165) is 16.7 Å². The molecular weight excluding hydrogens is 551 g/mol. The van der Waals surface area contributed by atoms with Crippen LogP contribution in [0.15, 0.2) is 91.0 Å². The van der Waals surface area contributed by atoms with Crippen LogP contribution >= 0.6 is 0 Å². The number of amides is 1. The molecule has 1 N–H and O–H groups in total. The van der Waals surface area contributed by atoms with Crippen molar-refractivity contribution in [1.29, 1.82) is 0 Å². The molecule has 0 aromatic heterocycles. The largest absolute Gasteiger partial charge is 0.481 e. The molecule has 0 radical (unpaired) electrons. The van der Waals surface area contributed by atoms with Crippen molar-refractivity contribution in [2.75, 3.05) is 6.61 Å². The van der Waals surface area contributed by atoms with Crippen molar-refractivity contribution in [1.82, 2.24) is 4.90 Å². The summed E-state index contributed by atoms with van der Waals surface area (Å²) in [5, 5.41) is 10.2. The Morgan fingerprint density at radius 3 is 1.64 bits per heavy atom. The lowest BCUT2D eigenvalue weighted by Crippen LogP contribution is -2.55. The molecular formula is C32H32F3NO6. The van der Waals surface area contributed by atoms with Gasteiger partial charge in [-0.25, -0.2) is 0 Å². The van der Waals surface area contributed by atoms with Crippen LogP contribution in [0.4, 0.5) is 13.2 Å². The topological polar surface area (TPSA) is 85.3 Å². The first-order valence-corrected chi connectivity index (χ1v) is 13.8.